The predicted octanol–water partition coefficient (Wildman–Crippen LogP) is 2.08. The molecule has 0 aliphatic rings. The maximum Gasteiger partial charge on any atom is 0.126 e. The van der Waals surface area contributed by atoms with Crippen LogP contribution in [0.2, 0.25) is 0 Å². The summed E-state index contributed by atoms with van der Waals surface area (Å²) in [5, 5.41) is 11.8. The fraction of sp³-hybridized carbons (Fsp3) is 0.400. The lowest BCUT2D eigenvalue weighted by Gasteiger charge is -2.04. The third kappa shape index (κ3) is 2.45. The highest BCUT2D eigenvalue weighted by molar-refractivity contribution is 5.42. The Labute approximate surface area is 78.4 Å². The maximum absolute atomic E-state index is 8.67. The van der Waals surface area contributed by atoms with Crippen LogP contribution in [-0.4, -0.2) is 11.5 Å². The summed E-state index contributed by atoms with van der Waals surface area (Å²) in [6.07, 6.45) is 1.07. The summed E-state index contributed by atoms with van der Waals surface area (Å²) in [5.74, 6) is 0.846. The van der Waals surface area contributed by atoms with Crippen molar-refractivity contribution in [1.29, 1.82) is 5.26 Å². The minimum absolute atomic E-state index is 0.641. The van der Waals surface area contributed by atoms with Crippen LogP contribution in [0.25, 0.3) is 0 Å². The Bertz CT molecular complexity index is 325. The highest BCUT2D eigenvalue weighted by Gasteiger charge is 1.99. The van der Waals surface area contributed by atoms with Crippen molar-refractivity contribution < 1.29 is 0 Å². The molecule has 0 saturated carbocycles. The number of aromatic nitrogens is 1. The van der Waals surface area contributed by atoms with Gasteiger partial charge in [0, 0.05) is 6.54 Å². The van der Waals surface area contributed by atoms with E-state index in [1.54, 1.807) is 6.07 Å². The molecule has 0 aromatic carbocycles. The van der Waals surface area contributed by atoms with Crippen molar-refractivity contribution in [3.8, 4) is 6.07 Å². The van der Waals surface area contributed by atoms with Crippen LogP contribution >= 0.6 is 0 Å². The van der Waals surface area contributed by atoms with Crippen LogP contribution < -0.4 is 5.32 Å². The van der Waals surface area contributed by atoms with Crippen LogP contribution in [0, 0.1) is 18.3 Å². The molecule has 0 spiro atoms. The topological polar surface area (TPSA) is 48.7 Å². The molecule has 0 fully saturated rings. The van der Waals surface area contributed by atoms with Crippen LogP contribution in [0.15, 0.2) is 12.1 Å². The molecule has 1 heterocycles. The van der Waals surface area contributed by atoms with Crippen molar-refractivity contribution in [2.24, 2.45) is 0 Å². The summed E-state index contributed by atoms with van der Waals surface area (Å²) in [6.45, 7) is 4.86. The molecule has 1 aromatic heterocycles. The number of hydrogen-bond acceptors (Lipinski definition) is 3. The number of hydrogen-bond donors (Lipinski definition) is 1. The van der Waals surface area contributed by atoms with E-state index in [1.165, 1.54) is 0 Å². The minimum Gasteiger partial charge on any atom is -0.370 e. The molecule has 68 valence electrons. The van der Waals surface area contributed by atoms with Gasteiger partial charge in [-0.25, -0.2) is 4.98 Å². The highest BCUT2D eigenvalue weighted by Crippen LogP contribution is 2.08. The second kappa shape index (κ2) is 4.46. The Morgan fingerprint density at radius 3 is 2.85 bits per heavy atom. The second-order valence-corrected chi connectivity index (χ2v) is 2.87. The molecule has 1 aromatic rings. The van der Waals surface area contributed by atoms with Crippen molar-refractivity contribution in [2.45, 2.75) is 20.3 Å². The second-order valence-electron chi connectivity index (χ2n) is 2.87. The summed E-state index contributed by atoms with van der Waals surface area (Å²) in [7, 11) is 0. The first-order valence-electron chi connectivity index (χ1n) is 4.39. The monoisotopic (exact) mass is 175 g/mol. The van der Waals surface area contributed by atoms with Crippen molar-refractivity contribution >= 4 is 5.82 Å². The van der Waals surface area contributed by atoms with Gasteiger partial charge >= 0.3 is 0 Å². The minimum atomic E-state index is 0.641. The zero-order valence-corrected chi connectivity index (χ0v) is 7.96. The summed E-state index contributed by atoms with van der Waals surface area (Å²) in [4.78, 5) is 4.25. The molecular formula is C10H13N3. The Kier molecular flexibility index (Phi) is 3.27. The van der Waals surface area contributed by atoms with Crippen LogP contribution in [0.1, 0.15) is 24.6 Å². The molecule has 1 rings (SSSR count). The average molecular weight is 175 g/mol. The van der Waals surface area contributed by atoms with Crippen LogP contribution in [-0.2, 0) is 0 Å². The smallest absolute Gasteiger partial charge is 0.126 e. The number of pyridine rings is 1. The van der Waals surface area contributed by atoms with E-state index in [9.17, 15) is 0 Å². The van der Waals surface area contributed by atoms with E-state index in [-0.39, 0.29) is 0 Å². The van der Waals surface area contributed by atoms with Gasteiger partial charge in [0.15, 0.2) is 0 Å². The standard InChI is InChI=1S/C10H13N3/c1-3-6-12-10-5-4-9(7-11)8(2)13-10/h4-5H,3,6H2,1-2H3,(H,12,13). The third-order valence-electron chi connectivity index (χ3n) is 1.76. The number of aryl methyl sites for hydroxylation is 1. The first kappa shape index (κ1) is 9.53. The van der Waals surface area contributed by atoms with Crippen LogP contribution in [0.3, 0.4) is 0 Å². The van der Waals surface area contributed by atoms with Gasteiger partial charge in [-0.15, -0.1) is 0 Å². The molecule has 0 amide bonds. The molecule has 0 bridgehead atoms. The molecule has 1 N–H and O–H groups in total. The Morgan fingerprint density at radius 2 is 2.31 bits per heavy atom. The van der Waals surface area contributed by atoms with Crippen molar-refractivity contribution in [3.63, 3.8) is 0 Å². The van der Waals surface area contributed by atoms with Crippen molar-refractivity contribution in [2.75, 3.05) is 11.9 Å². The van der Waals surface area contributed by atoms with Crippen LogP contribution in [0.5, 0.6) is 0 Å². The zero-order valence-electron chi connectivity index (χ0n) is 7.96. The lowest BCUT2D eigenvalue weighted by molar-refractivity contribution is 0.965. The van der Waals surface area contributed by atoms with Gasteiger partial charge in [-0.1, -0.05) is 6.92 Å². The van der Waals surface area contributed by atoms with Gasteiger partial charge < -0.3 is 5.32 Å². The third-order valence-corrected chi connectivity index (χ3v) is 1.76. The van der Waals surface area contributed by atoms with Crippen LogP contribution in [0.4, 0.5) is 5.82 Å². The summed E-state index contributed by atoms with van der Waals surface area (Å²) in [5.41, 5.74) is 1.42. The summed E-state index contributed by atoms with van der Waals surface area (Å²) < 4.78 is 0. The molecule has 0 aliphatic heterocycles. The lowest BCUT2D eigenvalue weighted by Crippen LogP contribution is -2.02. The van der Waals surface area contributed by atoms with E-state index in [0.717, 1.165) is 24.5 Å². The average Bonchev–Trinajstić information content (AvgIpc) is 2.15. The molecule has 13 heavy (non-hydrogen) atoms. The largest absolute Gasteiger partial charge is 0.370 e. The Hall–Kier alpha value is -1.56. The lowest BCUT2D eigenvalue weighted by atomic mass is 10.2. The van der Waals surface area contributed by atoms with E-state index in [1.807, 2.05) is 13.0 Å². The summed E-state index contributed by atoms with van der Waals surface area (Å²) >= 11 is 0. The molecule has 0 radical (unpaired) electrons. The molecule has 0 atom stereocenters. The SMILES string of the molecule is CCCNc1ccc(C#N)c(C)n1. The fourth-order valence-corrected chi connectivity index (χ4v) is 1.03. The zero-order chi connectivity index (χ0) is 9.68. The number of rotatable bonds is 3. The highest BCUT2D eigenvalue weighted by atomic mass is 15.0. The van der Waals surface area contributed by atoms with Crippen molar-refractivity contribution in [1.82, 2.24) is 4.98 Å². The van der Waals surface area contributed by atoms with Gasteiger partial charge in [0.2, 0.25) is 0 Å². The van der Waals surface area contributed by atoms with E-state index >= 15 is 0 Å². The number of nitrogens with one attached hydrogen (secondary N) is 1. The van der Waals surface area contributed by atoms with E-state index in [0.29, 0.717) is 5.56 Å². The Morgan fingerprint density at radius 1 is 1.54 bits per heavy atom. The van der Waals surface area contributed by atoms with Gasteiger partial charge in [-0.3, -0.25) is 0 Å². The van der Waals surface area contributed by atoms with Crippen molar-refractivity contribution in [3.05, 3.63) is 23.4 Å². The summed E-state index contributed by atoms with van der Waals surface area (Å²) in [6, 6.07) is 5.71. The number of nitrogens with zero attached hydrogens (tertiary/aromatic N) is 2. The van der Waals surface area contributed by atoms with Gasteiger partial charge in [0.25, 0.3) is 0 Å². The number of nitriles is 1. The first-order valence-corrected chi connectivity index (χ1v) is 4.39. The molecule has 0 saturated heterocycles. The van der Waals surface area contributed by atoms with Gasteiger partial charge in [-0.2, -0.15) is 5.26 Å². The van der Waals surface area contributed by atoms with E-state index in [2.05, 4.69) is 23.3 Å². The first-order chi connectivity index (χ1) is 6.27. The molecular weight excluding hydrogens is 162 g/mol. The van der Waals surface area contributed by atoms with E-state index in [4.69, 9.17) is 5.26 Å². The van der Waals surface area contributed by atoms with Gasteiger partial charge in [0.1, 0.15) is 11.9 Å². The van der Waals surface area contributed by atoms with Gasteiger partial charge in [0.05, 0.1) is 11.3 Å². The molecule has 0 aliphatic carbocycles. The predicted molar refractivity (Wildman–Crippen MR) is 52.5 cm³/mol. The Balaban J connectivity index is 2.79. The normalized spacial score (nSPS) is 9.31. The molecule has 3 nitrogen and oxygen atoms in total. The quantitative estimate of drug-likeness (QED) is 0.765. The number of anilines is 1. The molecule has 3 heteroatoms. The fourth-order valence-electron chi connectivity index (χ4n) is 1.03. The molecule has 0 unspecified atom stereocenters. The van der Waals surface area contributed by atoms with Gasteiger partial charge in [-0.05, 0) is 25.5 Å². The maximum atomic E-state index is 8.67. The van der Waals surface area contributed by atoms with E-state index < -0.39 is 0 Å².